The summed E-state index contributed by atoms with van der Waals surface area (Å²) < 4.78 is 158. The summed E-state index contributed by atoms with van der Waals surface area (Å²) in [7, 11) is -4.81. The zero-order chi connectivity index (χ0) is 32.4. The van der Waals surface area contributed by atoms with Crippen molar-refractivity contribution in [3.8, 4) is 0 Å². The molecule has 0 fully saturated rings. The van der Waals surface area contributed by atoms with Gasteiger partial charge in [-0.3, -0.25) is 4.79 Å². The number of rotatable bonds is 9. The van der Waals surface area contributed by atoms with E-state index < -0.39 is 85.8 Å². The first-order chi connectivity index (χ1) is 18.9. The number of hydrogen-bond acceptors (Lipinski definition) is 3. The lowest BCUT2D eigenvalue weighted by Gasteiger charge is -2.20. The molecule has 0 aliphatic carbocycles. The average Bonchev–Trinajstić information content (AvgIpc) is 2.78. The van der Waals surface area contributed by atoms with E-state index in [2.05, 4.69) is 6.58 Å². The number of alkyl halides is 9. The van der Waals surface area contributed by atoms with Gasteiger partial charge in [0.1, 0.15) is 17.5 Å². The molecule has 2 atom stereocenters. The largest absolute Gasteiger partial charge is 0.417 e. The van der Waals surface area contributed by atoms with Crippen molar-refractivity contribution in [2.24, 2.45) is 0 Å². The van der Waals surface area contributed by atoms with Crippen LogP contribution in [-0.4, -0.2) is 44.2 Å². The Bertz CT molecular complexity index is 1460. The predicted molar refractivity (Wildman–Crippen MR) is 138 cm³/mol. The number of allylic oxidation sites excluding steroid dienone is 1. The maximum Gasteiger partial charge on any atom is 0.417 e. The van der Waals surface area contributed by atoms with Gasteiger partial charge in [0.25, 0.3) is 5.91 Å². The van der Waals surface area contributed by atoms with E-state index in [1.54, 1.807) is 0 Å². The molecule has 2 aromatic carbocycles. The summed E-state index contributed by atoms with van der Waals surface area (Å²) in [5, 5.41) is 1.30. The van der Waals surface area contributed by atoms with Crippen LogP contribution >= 0.6 is 23.2 Å². The summed E-state index contributed by atoms with van der Waals surface area (Å²) in [6.07, 6.45) is -14.5. The van der Waals surface area contributed by atoms with Crippen molar-refractivity contribution in [1.82, 2.24) is 5.32 Å². The first-order valence-corrected chi connectivity index (χ1v) is 13.9. The first-order valence-electron chi connectivity index (χ1n) is 11.3. The Morgan fingerprint density at radius 1 is 1.00 bits per heavy atom. The topological polar surface area (TPSA) is 63.2 Å². The fourth-order valence-electron chi connectivity index (χ4n) is 3.76. The second-order valence-corrected chi connectivity index (χ2v) is 11.9. The van der Waals surface area contributed by atoms with Crippen LogP contribution in [0.2, 0.25) is 10.0 Å². The maximum absolute atomic E-state index is 15.0. The van der Waals surface area contributed by atoms with E-state index in [-0.39, 0.29) is 27.8 Å². The van der Waals surface area contributed by atoms with Gasteiger partial charge in [0, 0.05) is 27.2 Å². The highest BCUT2D eigenvalue weighted by Gasteiger charge is 2.41. The Kier molecular flexibility index (Phi) is 10.8. The minimum atomic E-state index is -5.36. The van der Waals surface area contributed by atoms with Gasteiger partial charge in [-0.25, -0.2) is 12.8 Å². The second-order valence-electron chi connectivity index (χ2n) is 8.94. The predicted octanol–water partition coefficient (Wildman–Crippen LogP) is 8.41. The SMILES string of the molecule is C=Cc1c(Cl)cc(C(/C=C(\F)c2ccc(C(=O)NC(C)CS(=O)(=O)CC(F)(F)F)c(C(F)(F)F)c2)C(F)(F)F)cc1Cl. The van der Waals surface area contributed by atoms with Crippen molar-refractivity contribution in [3.63, 3.8) is 0 Å². The number of amides is 1. The molecule has 1 amide bonds. The highest BCUT2D eigenvalue weighted by Crippen LogP contribution is 2.42. The Morgan fingerprint density at radius 3 is 2.00 bits per heavy atom. The highest BCUT2D eigenvalue weighted by atomic mass is 35.5. The molecule has 0 bridgehead atoms. The van der Waals surface area contributed by atoms with Gasteiger partial charge in [0.15, 0.2) is 9.84 Å². The molecule has 0 heterocycles. The molecule has 2 rings (SSSR count). The number of sulfone groups is 1. The van der Waals surface area contributed by atoms with Crippen molar-refractivity contribution < 1.29 is 57.1 Å². The van der Waals surface area contributed by atoms with Crippen LogP contribution in [0.15, 0.2) is 43.0 Å². The van der Waals surface area contributed by atoms with Gasteiger partial charge in [0.05, 0.1) is 16.9 Å². The van der Waals surface area contributed by atoms with E-state index in [0.29, 0.717) is 12.1 Å². The monoisotopic (exact) mass is 673 g/mol. The number of nitrogens with one attached hydrogen (secondary N) is 1. The van der Waals surface area contributed by atoms with Crippen LogP contribution in [0.25, 0.3) is 11.9 Å². The molecule has 2 aromatic rings. The molecule has 17 heteroatoms. The molecule has 0 aliphatic heterocycles. The average molecular weight is 674 g/mol. The number of hydrogen-bond donors (Lipinski definition) is 1. The van der Waals surface area contributed by atoms with Gasteiger partial charge in [-0.15, -0.1) is 0 Å². The van der Waals surface area contributed by atoms with E-state index in [1.807, 2.05) is 5.32 Å². The van der Waals surface area contributed by atoms with Crippen LogP contribution in [0.1, 0.15) is 45.5 Å². The van der Waals surface area contributed by atoms with Gasteiger partial charge in [-0.2, -0.15) is 39.5 Å². The van der Waals surface area contributed by atoms with E-state index >= 15 is 4.39 Å². The van der Waals surface area contributed by atoms with Gasteiger partial charge >= 0.3 is 18.5 Å². The summed E-state index contributed by atoms with van der Waals surface area (Å²) in [5.74, 6) is -9.56. The van der Waals surface area contributed by atoms with Crippen LogP contribution in [0.5, 0.6) is 0 Å². The summed E-state index contributed by atoms with van der Waals surface area (Å²) in [5.41, 5.74) is -4.56. The van der Waals surface area contributed by atoms with E-state index in [0.717, 1.165) is 25.1 Å². The van der Waals surface area contributed by atoms with Crippen molar-refractivity contribution in [2.45, 2.75) is 37.4 Å². The summed E-state index contributed by atoms with van der Waals surface area (Å²) >= 11 is 11.8. The molecule has 0 spiro atoms. The minimum absolute atomic E-state index is 0.0155. The molecule has 0 saturated carbocycles. The zero-order valence-electron chi connectivity index (χ0n) is 21.0. The van der Waals surface area contributed by atoms with Gasteiger partial charge in [-0.1, -0.05) is 41.9 Å². The molecule has 0 aromatic heterocycles. The summed E-state index contributed by atoms with van der Waals surface area (Å²) in [6.45, 7) is 4.33. The lowest BCUT2D eigenvalue weighted by Crippen LogP contribution is -2.40. The normalized spacial score (nSPS) is 14.8. The van der Waals surface area contributed by atoms with Gasteiger partial charge in [-0.05, 0) is 42.8 Å². The minimum Gasteiger partial charge on any atom is -0.349 e. The van der Waals surface area contributed by atoms with Gasteiger partial charge < -0.3 is 5.32 Å². The quantitative estimate of drug-likeness (QED) is 0.272. The fraction of sp³-hybridized carbons (Fsp3) is 0.320. The first kappa shape index (κ1) is 35.4. The smallest absolute Gasteiger partial charge is 0.349 e. The van der Waals surface area contributed by atoms with Crippen LogP contribution in [0, 0.1) is 0 Å². The number of carbonyl (C=O) groups is 1. The number of benzene rings is 2. The Labute approximate surface area is 242 Å². The molecule has 4 nitrogen and oxygen atoms in total. The zero-order valence-corrected chi connectivity index (χ0v) is 23.3. The molecule has 42 heavy (non-hydrogen) atoms. The standard InChI is InChI=1S/C25H19Cl2F10NO3S/c1-3-15-19(26)7-14(8-20(15)27)17(24(32,33)34)9-21(28)13-4-5-16(18(6-13)25(35,36)37)22(39)38-12(2)10-42(40,41)11-23(29,30)31/h3-9,12,17H,1,10-11H2,2H3,(H,38,39)/b21-9-. The molecule has 0 saturated heterocycles. The molecule has 2 unspecified atom stereocenters. The Balaban J connectivity index is 2.48. The third kappa shape index (κ3) is 9.63. The maximum atomic E-state index is 15.0. The van der Waals surface area contributed by atoms with Crippen molar-refractivity contribution >= 4 is 50.8 Å². The van der Waals surface area contributed by atoms with E-state index in [1.165, 1.54) is 0 Å². The molecule has 0 radical (unpaired) electrons. The van der Waals surface area contributed by atoms with E-state index in [9.17, 15) is 52.7 Å². The second kappa shape index (κ2) is 12.8. The summed E-state index contributed by atoms with van der Waals surface area (Å²) in [4.78, 5) is 12.5. The molecule has 1 N–H and O–H groups in total. The van der Waals surface area contributed by atoms with Crippen LogP contribution < -0.4 is 5.32 Å². The molecule has 0 aliphatic rings. The van der Waals surface area contributed by atoms with Crippen LogP contribution in [0.3, 0.4) is 0 Å². The van der Waals surface area contributed by atoms with Gasteiger partial charge in [0.2, 0.25) is 0 Å². The highest BCUT2D eigenvalue weighted by molar-refractivity contribution is 7.91. The lowest BCUT2D eigenvalue weighted by molar-refractivity contribution is -0.140. The van der Waals surface area contributed by atoms with Crippen molar-refractivity contribution in [3.05, 3.63) is 80.8 Å². The van der Waals surface area contributed by atoms with Crippen LogP contribution in [0.4, 0.5) is 43.9 Å². The lowest BCUT2D eigenvalue weighted by atomic mass is 9.94. The third-order valence-corrected chi connectivity index (χ3v) is 7.84. The van der Waals surface area contributed by atoms with Crippen LogP contribution in [-0.2, 0) is 16.0 Å². The van der Waals surface area contributed by atoms with E-state index in [4.69, 9.17) is 23.2 Å². The Hall–Kier alpha value is -2.78. The molecule has 232 valence electrons. The number of halogens is 12. The van der Waals surface area contributed by atoms with Crippen molar-refractivity contribution in [1.29, 1.82) is 0 Å². The molecular weight excluding hydrogens is 655 g/mol. The Morgan fingerprint density at radius 2 is 1.55 bits per heavy atom. The number of carbonyl (C=O) groups excluding carboxylic acids is 1. The summed E-state index contributed by atoms with van der Waals surface area (Å²) in [6, 6.07) is 1.12. The molecular formula is C25H19Cl2F10NO3S. The fourth-order valence-corrected chi connectivity index (χ4v) is 5.88. The van der Waals surface area contributed by atoms with Crippen molar-refractivity contribution in [2.75, 3.05) is 11.5 Å². The third-order valence-electron chi connectivity index (χ3n) is 5.44.